The van der Waals surface area contributed by atoms with E-state index in [1.165, 1.54) is 7.11 Å². The maximum Gasteiger partial charge on any atom is 0.274 e. The van der Waals surface area contributed by atoms with Gasteiger partial charge in [0.25, 0.3) is 11.7 Å². The molecule has 7 heteroatoms. The van der Waals surface area contributed by atoms with Gasteiger partial charge in [-0.2, -0.15) is 0 Å². The Morgan fingerprint density at radius 1 is 1.67 bits per heavy atom. The number of rotatable bonds is 3. The number of halogens is 3. The Labute approximate surface area is 88.4 Å². The van der Waals surface area contributed by atoms with Gasteiger partial charge in [0, 0.05) is 6.07 Å². The summed E-state index contributed by atoms with van der Waals surface area (Å²) in [7, 11) is 1.19. The van der Waals surface area contributed by atoms with Gasteiger partial charge in [0.1, 0.15) is 0 Å². The quantitative estimate of drug-likeness (QED) is 0.818. The number of methoxy groups -OCH3 is 1. The summed E-state index contributed by atoms with van der Waals surface area (Å²) in [5.41, 5.74) is -1.39. The van der Waals surface area contributed by atoms with Crippen LogP contribution in [0.2, 0.25) is 0 Å². The average Bonchev–Trinajstić information content (AvgIpc) is 2.17. The molecule has 0 atom stereocenters. The molecular formula is C8H6ClF2NO3. The molecule has 0 aliphatic rings. The van der Waals surface area contributed by atoms with Crippen molar-refractivity contribution in [3.05, 3.63) is 17.3 Å². The molecule has 0 bridgehead atoms. The van der Waals surface area contributed by atoms with Crippen molar-refractivity contribution in [2.24, 2.45) is 0 Å². The first-order chi connectivity index (χ1) is 6.97. The predicted molar refractivity (Wildman–Crippen MR) is 47.6 cm³/mol. The first-order valence-electron chi connectivity index (χ1n) is 3.73. The number of carbonyl (C=O) groups excluding carboxylic acids is 1. The fourth-order valence-electron chi connectivity index (χ4n) is 0.941. The molecule has 1 N–H and O–H groups in total. The van der Waals surface area contributed by atoms with Gasteiger partial charge in [0.05, 0.1) is 12.7 Å². The topological polar surface area (TPSA) is 59.4 Å². The Hall–Kier alpha value is -1.43. The fraction of sp³-hybridized carbons (Fsp3) is 0.250. The second-order valence-electron chi connectivity index (χ2n) is 2.53. The number of hydrogen-bond donors (Lipinski definition) is 1. The number of alkyl halides is 2. The standard InChI is InChI=1S/C8H6ClF2NO3/c1-15-4-2-3(8(10)11)6(13)5(12-4)7(9)14/h2,8,13H,1H3. The van der Waals surface area contributed by atoms with Crippen LogP contribution in [0.1, 0.15) is 22.5 Å². The summed E-state index contributed by atoms with van der Waals surface area (Å²) in [4.78, 5) is 14.2. The van der Waals surface area contributed by atoms with Crippen molar-refractivity contribution < 1.29 is 23.4 Å². The highest BCUT2D eigenvalue weighted by atomic mass is 35.5. The third-order valence-electron chi connectivity index (χ3n) is 1.63. The van der Waals surface area contributed by atoms with Crippen LogP contribution in [-0.2, 0) is 0 Å². The predicted octanol–water partition coefficient (Wildman–Crippen LogP) is 2.11. The highest BCUT2D eigenvalue weighted by Gasteiger charge is 2.22. The smallest absolute Gasteiger partial charge is 0.274 e. The molecular weight excluding hydrogens is 232 g/mol. The van der Waals surface area contributed by atoms with E-state index >= 15 is 0 Å². The van der Waals surface area contributed by atoms with E-state index in [9.17, 15) is 18.7 Å². The summed E-state index contributed by atoms with van der Waals surface area (Å²) in [6.45, 7) is 0. The van der Waals surface area contributed by atoms with Crippen LogP contribution in [-0.4, -0.2) is 22.4 Å². The van der Waals surface area contributed by atoms with Crippen LogP contribution in [0.3, 0.4) is 0 Å². The van der Waals surface area contributed by atoms with Crippen LogP contribution in [0.5, 0.6) is 11.6 Å². The molecule has 0 amide bonds. The number of nitrogens with zero attached hydrogens (tertiary/aromatic N) is 1. The van der Waals surface area contributed by atoms with Crippen LogP contribution in [0, 0.1) is 0 Å². The zero-order chi connectivity index (χ0) is 11.6. The van der Waals surface area contributed by atoms with E-state index in [-0.39, 0.29) is 5.88 Å². The molecule has 0 unspecified atom stereocenters. The fourth-order valence-corrected chi connectivity index (χ4v) is 1.07. The third-order valence-corrected chi connectivity index (χ3v) is 1.81. The van der Waals surface area contributed by atoms with Crippen LogP contribution < -0.4 is 4.74 Å². The highest BCUT2D eigenvalue weighted by Crippen LogP contribution is 2.33. The Kier molecular flexibility index (Phi) is 3.41. The van der Waals surface area contributed by atoms with Crippen molar-refractivity contribution in [2.45, 2.75) is 6.43 Å². The minimum Gasteiger partial charge on any atom is -0.505 e. The van der Waals surface area contributed by atoms with Gasteiger partial charge >= 0.3 is 0 Å². The van der Waals surface area contributed by atoms with Gasteiger partial charge in [-0.1, -0.05) is 0 Å². The summed E-state index contributed by atoms with van der Waals surface area (Å²) >= 11 is 5.05. The van der Waals surface area contributed by atoms with E-state index in [1.807, 2.05) is 0 Å². The van der Waals surface area contributed by atoms with Crippen LogP contribution >= 0.6 is 11.6 Å². The minimum absolute atomic E-state index is 0.216. The SMILES string of the molecule is COc1cc(C(F)F)c(O)c(C(=O)Cl)n1. The lowest BCUT2D eigenvalue weighted by atomic mass is 10.2. The molecule has 0 saturated carbocycles. The van der Waals surface area contributed by atoms with E-state index in [1.54, 1.807) is 0 Å². The molecule has 4 nitrogen and oxygen atoms in total. The van der Waals surface area contributed by atoms with E-state index in [4.69, 9.17) is 11.6 Å². The first kappa shape index (κ1) is 11.6. The van der Waals surface area contributed by atoms with Gasteiger partial charge < -0.3 is 9.84 Å². The number of carbonyl (C=O) groups is 1. The zero-order valence-corrected chi connectivity index (χ0v) is 8.26. The van der Waals surface area contributed by atoms with Gasteiger partial charge in [-0.25, -0.2) is 13.8 Å². The molecule has 1 rings (SSSR count). The zero-order valence-electron chi connectivity index (χ0n) is 7.50. The van der Waals surface area contributed by atoms with Crippen molar-refractivity contribution in [2.75, 3.05) is 7.11 Å². The summed E-state index contributed by atoms with van der Waals surface area (Å²) < 4.78 is 29.4. The molecule has 0 radical (unpaired) electrons. The Morgan fingerprint density at radius 2 is 2.27 bits per heavy atom. The van der Waals surface area contributed by atoms with E-state index < -0.39 is 28.7 Å². The van der Waals surface area contributed by atoms with Crippen LogP contribution in [0.25, 0.3) is 0 Å². The maximum absolute atomic E-state index is 12.4. The Morgan fingerprint density at radius 3 is 2.67 bits per heavy atom. The number of ether oxygens (including phenoxy) is 1. The molecule has 1 aromatic heterocycles. The molecule has 0 aliphatic heterocycles. The molecule has 0 fully saturated rings. The summed E-state index contributed by atoms with van der Waals surface area (Å²) in [6.07, 6.45) is -2.95. The monoisotopic (exact) mass is 237 g/mol. The second-order valence-corrected chi connectivity index (χ2v) is 2.87. The summed E-state index contributed by atoms with van der Waals surface area (Å²) in [5.74, 6) is -1.14. The summed E-state index contributed by atoms with van der Waals surface area (Å²) in [5, 5.41) is 8.12. The van der Waals surface area contributed by atoms with Gasteiger partial charge in [-0.3, -0.25) is 4.79 Å². The lowest BCUT2D eigenvalue weighted by Gasteiger charge is -2.08. The number of aromatic hydroxyl groups is 1. The average molecular weight is 238 g/mol. The number of hydrogen-bond acceptors (Lipinski definition) is 4. The van der Waals surface area contributed by atoms with E-state index in [0.717, 1.165) is 6.07 Å². The second kappa shape index (κ2) is 4.39. The first-order valence-corrected chi connectivity index (χ1v) is 4.11. The van der Waals surface area contributed by atoms with Crippen molar-refractivity contribution in [3.63, 3.8) is 0 Å². The lowest BCUT2D eigenvalue weighted by Crippen LogP contribution is -2.01. The molecule has 0 spiro atoms. The van der Waals surface area contributed by atoms with Crippen molar-refractivity contribution in [3.8, 4) is 11.6 Å². The van der Waals surface area contributed by atoms with E-state index in [2.05, 4.69) is 9.72 Å². The van der Waals surface area contributed by atoms with E-state index in [0.29, 0.717) is 0 Å². The molecule has 0 aromatic carbocycles. The molecule has 0 aliphatic carbocycles. The third kappa shape index (κ3) is 2.33. The Balaban J connectivity index is 3.40. The molecule has 1 heterocycles. The van der Waals surface area contributed by atoms with Crippen molar-refractivity contribution >= 4 is 16.8 Å². The van der Waals surface area contributed by atoms with Gasteiger partial charge in [0.15, 0.2) is 11.4 Å². The van der Waals surface area contributed by atoms with Crippen LogP contribution in [0.4, 0.5) is 8.78 Å². The van der Waals surface area contributed by atoms with Gasteiger partial charge in [0.2, 0.25) is 5.88 Å². The summed E-state index contributed by atoms with van der Waals surface area (Å²) in [6, 6.07) is 0.837. The van der Waals surface area contributed by atoms with Crippen molar-refractivity contribution in [1.29, 1.82) is 0 Å². The molecule has 0 saturated heterocycles. The van der Waals surface area contributed by atoms with Crippen molar-refractivity contribution in [1.82, 2.24) is 4.98 Å². The minimum atomic E-state index is -2.95. The normalized spacial score (nSPS) is 10.5. The lowest BCUT2D eigenvalue weighted by molar-refractivity contribution is 0.107. The number of aromatic nitrogens is 1. The molecule has 15 heavy (non-hydrogen) atoms. The molecule has 82 valence electrons. The largest absolute Gasteiger partial charge is 0.505 e. The maximum atomic E-state index is 12.4. The van der Waals surface area contributed by atoms with Gasteiger partial charge in [-0.05, 0) is 11.6 Å². The van der Waals surface area contributed by atoms with Gasteiger partial charge in [-0.15, -0.1) is 0 Å². The Bertz CT molecular complexity index is 398. The molecule has 1 aromatic rings. The highest BCUT2D eigenvalue weighted by molar-refractivity contribution is 6.67. The number of pyridine rings is 1. The van der Waals surface area contributed by atoms with Crippen LogP contribution in [0.15, 0.2) is 6.07 Å².